The zero-order chi connectivity index (χ0) is 15.2. The van der Waals surface area contributed by atoms with Gasteiger partial charge in [0.05, 0.1) is 18.9 Å². The van der Waals surface area contributed by atoms with Crippen molar-refractivity contribution in [3.63, 3.8) is 0 Å². The van der Waals surface area contributed by atoms with Crippen molar-refractivity contribution < 1.29 is 4.74 Å². The molecule has 118 valence electrons. The molecular weight excluding hydrogens is 272 g/mol. The Kier molecular flexibility index (Phi) is 5.15. The second kappa shape index (κ2) is 7.48. The standard InChI is InChI=1S/C19H26N2O/c1-22-18-11-5-7-15(13-18)19(14-17-10-6-12-20-17)21-16-8-3-2-4-9-16/h5,7,11,13-14,16,20H,2-4,6,8-10,12H2,1H3. The lowest BCUT2D eigenvalue weighted by Crippen LogP contribution is -2.14. The third-order valence-corrected chi connectivity index (χ3v) is 4.55. The fraction of sp³-hybridized carbons (Fsp3) is 0.526. The fourth-order valence-corrected chi connectivity index (χ4v) is 3.29. The maximum Gasteiger partial charge on any atom is 0.119 e. The largest absolute Gasteiger partial charge is 0.497 e. The first kappa shape index (κ1) is 15.1. The molecule has 3 nitrogen and oxygen atoms in total. The number of rotatable bonds is 4. The van der Waals surface area contributed by atoms with E-state index in [9.17, 15) is 0 Å². The van der Waals surface area contributed by atoms with Crippen molar-refractivity contribution in [3.05, 3.63) is 41.6 Å². The molecule has 0 amide bonds. The van der Waals surface area contributed by atoms with E-state index in [-0.39, 0.29) is 0 Å². The fourth-order valence-electron chi connectivity index (χ4n) is 3.29. The number of hydrogen-bond donors (Lipinski definition) is 1. The molecule has 0 unspecified atom stereocenters. The predicted octanol–water partition coefficient (Wildman–Crippen LogP) is 4.08. The van der Waals surface area contributed by atoms with Crippen LogP contribution in [0.4, 0.5) is 0 Å². The molecule has 1 heterocycles. The van der Waals surface area contributed by atoms with Crippen LogP contribution in [0.15, 0.2) is 41.0 Å². The molecule has 3 heteroatoms. The summed E-state index contributed by atoms with van der Waals surface area (Å²) < 4.78 is 5.37. The third-order valence-electron chi connectivity index (χ3n) is 4.55. The number of benzene rings is 1. The van der Waals surface area contributed by atoms with Gasteiger partial charge in [0.1, 0.15) is 5.75 Å². The zero-order valence-electron chi connectivity index (χ0n) is 13.5. The number of nitrogens with zero attached hydrogens (tertiary/aromatic N) is 1. The summed E-state index contributed by atoms with van der Waals surface area (Å²) in [5, 5.41) is 3.47. The Bertz CT molecular complexity index is 548. The highest BCUT2D eigenvalue weighted by Gasteiger charge is 2.15. The molecule has 22 heavy (non-hydrogen) atoms. The topological polar surface area (TPSA) is 33.6 Å². The Balaban J connectivity index is 1.90. The lowest BCUT2D eigenvalue weighted by molar-refractivity contribution is 0.414. The van der Waals surface area contributed by atoms with Gasteiger partial charge in [0.25, 0.3) is 0 Å². The average molecular weight is 298 g/mol. The van der Waals surface area contributed by atoms with E-state index < -0.39 is 0 Å². The van der Waals surface area contributed by atoms with Crippen LogP contribution >= 0.6 is 0 Å². The second-order valence-electron chi connectivity index (χ2n) is 6.24. The van der Waals surface area contributed by atoms with Crippen LogP contribution in [0.2, 0.25) is 0 Å². The van der Waals surface area contributed by atoms with Gasteiger partial charge in [0, 0.05) is 17.8 Å². The quantitative estimate of drug-likeness (QED) is 0.850. The number of allylic oxidation sites excluding steroid dienone is 2. The van der Waals surface area contributed by atoms with E-state index >= 15 is 0 Å². The number of aliphatic imine (C=N–C) groups is 1. The van der Waals surface area contributed by atoms with Crippen molar-refractivity contribution in [1.29, 1.82) is 0 Å². The first-order valence-electron chi connectivity index (χ1n) is 8.52. The molecular formula is C19H26N2O. The third kappa shape index (κ3) is 3.90. The van der Waals surface area contributed by atoms with Gasteiger partial charge in [-0.05, 0) is 43.9 Å². The van der Waals surface area contributed by atoms with Gasteiger partial charge >= 0.3 is 0 Å². The highest BCUT2D eigenvalue weighted by molar-refractivity contribution is 6.09. The lowest BCUT2D eigenvalue weighted by Gasteiger charge is -2.19. The molecule has 1 aliphatic carbocycles. The molecule has 1 aliphatic heterocycles. The Labute approximate surface area is 133 Å². The molecule has 3 rings (SSSR count). The van der Waals surface area contributed by atoms with Gasteiger partial charge in [-0.2, -0.15) is 0 Å². The summed E-state index contributed by atoms with van der Waals surface area (Å²) in [6, 6.07) is 8.74. The van der Waals surface area contributed by atoms with Crippen molar-refractivity contribution in [2.75, 3.05) is 13.7 Å². The highest BCUT2D eigenvalue weighted by Crippen LogP contribution is 2.23. The molecule has 2 aliphatic rings. The Morgan fingerprint density at radius 1 is 1.23 bits per heavy atom. The minimum Gasteiger partial charge on any atom is -0.497 e. The van der Waals surface area contributed by atoms with Gasteiger partial charge in [0.15, 0.2) is 0 Å². The molecule has 1 N–H and O–H groups in total. The van der Waals surface area contributed by atoms with E-state index in [0.29, 0.717) is 6.04 Å². The van der Waals surface area contributed by atoms with E-state index in [1.807, 2.05) is 12.1 Å². The summed E-state index contributed by atoms with van der Waals surface area (Å²) in [6.45, 7) is 1.08. The Hall–Kier alpha value is -1.77. The Morgan fingerprint density at radius 2 is 2.09 bits per heavy atom. The molecule has 1 saturated heterocycles. The molecule has 1 saturated carbocycles. The Morgan fingerprint density at radius 3 is 2.82 bits per heavy atom. The first-order chi connectivity index (χ1) is 10.8. The maximum atomic E-state index is 5.37. The molecule has 2 fully saturated rings. The van der Waals surface area contributed by atoms with Gasteiger partial charge in [-0.25, -0.2) is 0 Å². The van der Waals surface area contributed by atoms with Crippen LogP contribution in [0.1, 0.15) is 50.5 Å². The van der Waals surface area contributed by atoms with E-state index in [1.54, 1.807) is 7.11 Å². The van der Waals surface area contributed by atoms with Crippen molar-refractivity contribution in [2.45, 2.75) is 51.0 Å². The molecule has 0 bridgehead atoms. The van der Waals surface area contributed by atoms with Crippen LogP contribution in [0.3, 0.4) is 0 Å². The minimum absolute atomic E-state index is 0.480. The van der Waals surface area contributed by atoms with Gasteiger partial charge in [0.2, 0.25) is 0 Å². The van der Waals surface area contributed by atoms with E-state index in [2.05, 4.69) is 23.5 Å². The molecule has 0 radical (unpaired) electrons. The summed E-state index contributed by atoms with van der Waals surface area (Å²) >= 11 is 0. The number of nitrogens with one attached hydrogen (secondary N) is 1. The summed E-state index contributed by atoms with van der Waals surface area (Å²) in [5.74, 6) is 0.895. The van der Waals surface area contributed by atoms with Gasteiger partial charge in [-0.1, -0.05) is 31.4 Å². The molecule has 1 aromatic rings. The van der Waals surface area contributed by atoms with Gasteiger partial charge < -0.3 is 10.1 Å². The summed E-state index contributed by atoms with van der Waals surface area (Å²) in [5.41, 5.74) is 3.58. The zero-order valence-corrected chi connectivity index (χ0v) is 13.5. The van der Waals surface area contributed by atoms with Crippen LogP contribution in [0.25, 0.3) is 0 Å². The van der Waals surface area contributed by atoms with Crippen LogP contribution < -0.4 is 10.1 Å². The van der Waals surface area contributed by atoms with Crippen LogP contribution in [-0.4, -0.2) is 25.4 Å². The van der Waals surface area contributed by atoms with Crippen molar-refractivity contribution >= 4 is 5.71 Å². The highest BCUT2D eigenvalue weighted by atomic mass is 16.5. The average Bonchev–Trinajstić information content (AvgIpc) is 3.08. The summed E-state index contributed by atoms with van der Waals surface area (Å²) in [6.07, 6.45) is 11.0. The van der Waals surface area contributed by atoms with Crippen LogP contribution in [0, 0.1) is 0 Å². The number of methoxy groups -OCH3 is 1. The first-order valence-corrected chi connectivity index (χ1v) is 8.52. The molecule has 0 aromatic heterocycles. The molecule has 1 aromatic carbocycles. The predicted molar refractivity (Wildman–Crippen MR) is 91.7 cm³/mol. The second-order valence-corrected chi connectivity index (χ2v) is 6.24. The van der Waals surface area contributed by atoms with Crippen molar-refractivity contribution in [3.8, 4) is 5.75 Å². The SMILES string of the molecule is COc1cccc(C(C=C2CCCN2)=NC2CCCCC2)c1. The monoisotopic (exact) mass is 298 g/mol. The van der Waals surface area contributed by atoms with Gasteiger partial charge in [-0.15, -0.1) is 0 Å². The smallest absolute Gasteiger partial charge is 0.119 e. The normalized spacial score (nSPS) is 21.9. The number of ether oxygens (including phenoxy) is 1. The van der Waals surface area contributed by atoms with E-state index in [1.165, 1.54) is 44.2 Å². The maximum absolute atomic E-state index is 5.37. The summed E-state index contributed by atoms with van der Waals surface area (Å²) in [7, 11) is 1.72. The van der Waals surface area contributed by atoms with Crippen LogP contribution in [-0.2, 0) is 0 Å². The van der Waals surface area contributed by atoms with E-state index in [0.717, 1.165) is 30.0 Å². The summed E-state index contributed by atoms with van der Waals surface area (Å²) in [4.78, 5) is 5.09. The lowest BCUT2D eigenvalue weighted by atomic mass is 9.95. The minimum atomic E-state index is 0.480. The molecule has 0 atom stereocenters. The van der Waals surface area contributed by atoms with Crippen molar-refractivity contribution in [1.82, 2.24) is 5.32 Å². The van der Waals surface area contributed by atoms with Crippen LogP contribution in [0.5, 0.6) is 5.75 Å². The molecule has 0 spiro atoms. The number of hydrogen-bond acceptors (Lipinski definition) is 3. The van der Waals surface area contributed by atoms with Gasteiger partial charge in [-0.3, -0.25) is 4.99 Å². The van der Waals surface area contributed by atoms with Crippen molar-refractivity contribution in [2.24, 2.45) is 4.99 Å². The van der Waals surface area contributed by atoms with E-state index in [4.69, 9.17) is 9.73 Å².